The molecule has 1 aliphatic rings. The molecule has 0 aliphatic carbocycles. The Morgan fingerprint density at radius 1 is 1.00 bits per heavy atom. The molecule has 0 unspecified atom stereocenters. The summed E-state index contributed by atoms with van der Waals surface area (Å²) in [5.41, 5.74) is 3.29. The van der Waals surface area contributed by atoms with Crippen molar-refractivity contribution in [3.8, 4) is 11.1 Å². The molecule has 1 aromatic carbocycles. The molecule has 0 saturated heterocycles. The van der Waals surface area contributed by atoms with Gasteiger partial charge in [-0.05, 0) is 78.5 Å². The van der Waals surface area contributed by atoms with Gasteiger partial charge >= 0.3 is 11.6 Å². The number of hydrogen-bond donors (Lipinski definition) is 1. The number of aromatic nitrogens is 1. The highest BCUT2D eigenvalue weighted by atomic mass is 32.2. The first-order valence-electron chi connectivity index (χ1n) is 16.9. The number of rotatable bonds is 13. The summed E-state index contributed by atoms with van der Waals surface area (Å²) in [6.07, 6.45) is 6.97. The summed E-state index contributed by atoms with van der Waals surface area (Å²) in [6.45, 7) is 16.5. The summed E-state index contributed by atoms with van der Waals surface area (Å²) in [6, 6.07) is 9.43. The average Bonchev–Trinajstić information content (AvgIpc) is 3.00. The first-order chi connectivity index (χ1) is 22.9. The molecule has 4 rings (SSSR count). The quantitative estimate of drug-likeness (QED) is 0.123. The highest BCUT2D eigenvalue weighted by Crippen LogP contribution is 2.41. The van der Waals surface area contributed by atoms with Gasteiger partial charge in [-0.2, -0.15) is 8.42 Å². The van der Waals surface area contributed by atoms with Crippen molar-refractivity contribution in [1.82, 2.24) is 4.90 Å². The van der Waals surface area contributed by atoms with E-state index in [2.05, 4.69) is 36.7 Å². The Kier molecular flexibility index (Phi) is 13.3. The molecule has 0 radical (unpaired) electrons. The third kappa shape index (κ3) is 11.3. The maximum atomic E-state index is 13.4. The molecule has 3 aromatic rings. The van der Waals surface area contributed by atoms with E-state index >= 15 is 0 Å². The van der Waals surface area contributed by atoms with Crippen molar-refractivity contribution in [2.45, 2.75) is 98.6 Å². The molecular weight excluding hydrogens is 646 g/mol. The topological polar surface area (TPSA) is 149 Å². The summed E-state index contributed by atoms with van der Waals surface area (Å²) in [4.78, 5) is 45.3. The lowest BCUT2D eigenvalue weighted by molar-refractivity contribution is -0.377. The first-order valence-corrected chi connectivity index (χ1v) is 18.5. The number of ether oxygens (including phenoxy) is 1. The second-order valence-electron chi connectivity index (χ2n) is 13.6. The van der Waals surface area contributed by atoms with Gasteiger partial charge in [-0.1, -0.05) is 19.9 Å². The van der Waals surface area contributed by atoms with Crippen molar-refractivity contribution in [2.75, 3.05) is 30.3 Å². The number of amides is 1. The van der Waals surface area contributed by atoms with Crippen LogP contribution in [-0.4, -0.2) is 66.3 Å². The van der Waals surface area contributed by atoms with Crippen LogP contribution in [0.25, 0.3) is 27.7 Å². The molecule has 0 bridgehead atoms. The van der Waals surface area contributed by atoms with E-state index < -0.39 is 32.6 Å². The highest BCUT2D eigenvalue weighted by Gasteiger charge is 2.32. The largest absolute Gasteiger partial charge is 0.460 e. The predicted octanol–water partition coefficient (Wildman–Crippen LogP) is 6.31. The van der Waals surface area contributed by atoms with Gasteiger partial charge in [0.2, 0.25) is 5.91 Å². The van der Waals surface area contributed by atoms with Gasteiger partial charge < -0.3 is 19.0 Å². The zero-order chi connectivity index (χ0) is 36.6. The van der Waals surface area contributed by atoms with Crippen molar-refractivity contribution in [1.29, 1.82) is 0 Å². The molecule has 11 nitrogen and oxygen atoms in total. The van der Waals surface area contributed by atoms with Crippen molar-refractivity contribution in [2.24, 2.45) is 0 Å². The lowest BCUT2D eigenvalue weighted by atomic mass is 9.87. The second-order valence-corrected chi connectivity index (χ2v) is 15.2. The van der Waals surface area contributed by atoms with Crippen LogP contribution in [0.15, 0.2) is 58.0 Å². The zero-order valence-corrected chi connectivity index (χ0v) is 30.9. The molecule has 268 valence electrons. The fourth-order valence-corrected chi connectivity index (χ4v) is 6.51. The summed E-state index contributed by atoms with van der Waals surface area (Å²) < 4.78 is 42.9. The number of pyridine rings is 1. The molecule has 1 aliphatic heterocycles. The second kappa shape index (κ2) is 16.6. The first kappa shape index (κ1) is 39.4. The lowest BCUT2D eigenvalue weighted by Gasteiger charge is -2.43. The van der Waals surface area contributed by atoms with E-state index in [1.807, 2.05) is 44.2 Å². The average molecular weight is 699 g/mol. The predicted molar refractivity (Wildman–Crippen MR) is 193 cm³/mol. The van der Waals surface area contributed by atoms with Crippen LogP contribution < -0.4 is 15.5 Å². The monoisotopic (exact) mass is 698 g/mol. The number of anilines is 1. The summed E-state index contributed by atoms with van der Waals surface area (Å²) in [5, 5.41) is 0.806. The van der Waals surface area contributed by atoms with Gasteiger partial charge in [0.1, 0.15) is 11.2 Å². The Labute approximate surface area is 290 Å². The lowest BCUT2D eigenvalue weighted by Crippen LogP contribution is -2.46. The fourth-order valence-electron chi connectivity index (χ4n) is 6.02. The van der Waals surface area contributed by atoms with Crippen LogP contribution in [-0.2, 0) is 24.4 Å². The number of nitrogens with zero attached hydrogens (tertiary/aromatic N) is 2. The number of aromatic amines is 1. The number of allylic oxidation sites excluding steroid dienone is 1. The van der Waals surface area contributed by atoms with E-state index in [1.165, 1.54) is 0 Å². The number of hydrogen-bond acceptors (Lipinski definition) is 8. The molecule has 3 heterocycles. The van der Waals surface area contributed by atoms with Crippen LogP contribution in [0.4, 0.5) is 5.69 Å². The van der Waals surface area contributed by atoms with E-state index in [4.69, 9.17) is 9.15 Å². The maximum absolute atomic E-state index is 13.4. The number of carbonyl (C=O) groups excluding carboxylic acids is 2. The van der Waals surface area contributed by atoms with Crippen molar-refractivity contribution < 1.29 is 36.7 Å². The Morgan fingerprint density at radius 3 is 2.27 bits per heavy atom. The van der Waals surface area contributed by atoms with Crippen molar-refractivity contribution in [3.05, 3.63) is 64.8 Å². The maximum Gasteiger partial charge on any atom is 0.344 e. The van der Waals surface area contributed by atoms with E-state index in [9.17, 15) is 27.4 Å². The number of carbonyl (C=O) groups is 2. The van der Waals surface area contributed by atoms with Gasteiger partial charge in [0, 0.05) is 72.9 Å². The molecule has 2 N–H and O–H groups in total. The summed E-state index contributed by atoms with van der Waals surface area (Å²) >= 11 is 0. The molecule has 49 heavy (non-hydrogen) atoms. The van der Waals surface area contributed by atoms with Gasteiger partial charge in [0.15, 0.2) is 12.4 Å². The van der Waals surface area contributed by atoms with Gasteiger partial charge in [-0.3, -0.25) is 14.1 Å². The van der Waals surface area contributed by atoms with Gasteiger partial charge in [-0.15, -0.1) is 0 Å². The molecule has 0 saturated carbocycles. The fraction of sp³-hybridized carbons (Fsp3) is 0.514. The molecule has 2 aromatic heterocycles. The van der Waals surface area contributed by atoms with Crippen LogP contribution in [0.5, 0.6) is 0 Å². The van der Waals surface area contributed by atoms with Crippen LogP contribution in [0.2, 0.25) is 0 Å². The van der Waals surface area contributed by atoms with Crippen LogP contribution >= 0.6 is 0 Å². The Morgan fingerprint density at radius 2 is 1.63 bits per heavy atom. The standard InChI is InChI=1S/C35H45N3O8S.C2H6/c1-24-23-35(5,6)38(29-22-30-26(20-27(24)29)21-28(33(41)45-30)25-12-14-36-15-13-25)18-7-10-31(39)37(17-9-19-47(42,43)44)16-8-11-32(40)46-34(2,3)4;1-2/h12-15,20-23H,7-11,16-19H2,1-6H3,(H,42,43,44);1-2H3/p+1. The third-order valence-electron chi connectivity index (χ3n) is 8.05. The normalized spacial score (nSPS) is 14.0. The summed E-state index contributed by atoms with van der Waals surface area (Å²) in [7, 11) is -4.16. The Bertz CT molecular complexity index is 1810. The van der Waals surface area contributed by atoms with Gasteiger partial charge in [0.05, 0.1) is 16.9 Å². The van der Waals surface area contributed by atoms with E-state index in [0.717, 1.165) is 27.8 Å². The molecule has 0 spiro atoms. The summed E-state index contributed by atoms with van der Waals surface area (Å²) in [5.74, 6) is -0.986. The molecule has 0 atom stereocenters. The van der Waals surface area contributed by atoms with Crippen LogP contribution in [0.1, 0.15) is 93.1 Å². The SMILES string of the molecule is CC.CC1=CC(C)(C)N(CCCC(=O)N(CCCC(=O)OC(C)(C)C)CCCS(=O)(=O)O)c2cc3oc(=O)c(-c4cc[nH+]cc4)cc3cc21. The van der Waals surface area contributed by atoms with E-state index in [0.29, 0.717) is 30.5 Å². The minimum atomic E-state index is -4.16. The minimum Gasteiger partial charge on any atom is -0.460 e. The van der Waals surface area contributed by atoms with Crippen LogP contribution in [0, 0.1) is 0 Å². The van der Waals surface area contributed by atoms with Crippen LogP contribution in [0.3, 0.4) is 0 Å². The third-order valence-corrected chi connectivity index (χ3v) is 8.85. The zero-order valence-electron chi connectivity index (χ0n) is 30.1. The molecule has 12 heteroatoms. The smallest absolute Gasteiger partial charge is 0.344 e. The molecule has 0 fully saturated rings. The number of nitrogens with one attached hydrogen (secondary N) is 1. The molecule has 1 amide bonds. The van der Waals surface area contributed by atoms with E-state index in [-0.39, 0.29) is 44.2 Å². The Balaban J connectivity index is 0.00000319. The number of benzene rings is 1. The minimum absolute atomic E-state index is 0.0797. The Hall–Kier alpha value is -4.03. The number of H-pyrrole nitrogens is 1. The van der Waals surface area contributed by atoms with Crippen molar-refractivity contribution >= 4 is 44.2 Å². The number of fused-ring (bicyclic) bond motifs is 2. The number of esters is 1. The highest BCUT2D eigenvalue weighted by molar-refractivity contribution is 7.85. The van der Waals surface area contributed by atoms with Gasteiger partial charge in [0.25, 0.3) is 10.1 Å². The molecular formula is C37H52N3O8S+. The van der Waals surface area contributed by atoms with Gasteiger partial charge in [-0.25, -0.2) is 9.78 Å². The van der Waals surface area contributed by atoms with E-state index in [1.54, 1.807) is 38.1 Å². The van der Waals surface area contributed by atoms with Crippen molar-refractivity contribution in [3.63, 3.8) is 0 Å².